The molecule has 1 atom stereocenters. The third-order valence-corrected chi connectivity index (χ3v) is 5.43. The first-order valence-electron chi connectivity index (χ1n) is 9.71. The molecule has 3 aromatic carbocycles. The molecule has 0 radical (unpaired) electrons. The zero-order chi connectivity index (χ0) is 21.3. The van der Waals surface area contributed by atoms with Crippen LogP contribution in [0.1, 0.15) is 47.3 Å². The average Bonchev–Trinajstić information content (AvgIpc) is 2.99. The summed E-state index contributed by atoms with van der Waals surface area (Å²) in [6.45, 7) is 1.87. The fraction of sp³-hybridized carbons (Fsp3) is 0.115. The van der Waals surface area contributed by atoms with Crippen LogP contribution in [-0.4, -0.2) is 16.2 Å². The lowest BCUT2D eigenvalue weighted by Crippen LogP contribution is -1.99. The molecule has 2 N–H and O–H groups in total. The number of carboxylic acid groups (broad SMARTS) is 1. The number of aliphatic hydroxyl groups is 1. The normalized spacial score (nSPS) is 15.4. The molecule has 0 amide bonds. The Hall–Kier alpha value is -3.50. The van der Waals surface area contributed by atoms with Gasteiger partial charge in [-0.3, -0.25) is 4.79 Å². The highest BCUT2D eigenvalue weighted by atomic mass is 19.1. The van der Waals surface area contributed by atoms with E-state index in [4.69, 9.17) is 0 Å². The monoisotopic (exact) mass is 400 g/mol. The van der Waals surface area contributed by atoms with E-state index >= 15 is 0 Å². The lowest BCUT2D eigenvalue weighted by molar-refractivity contribution is -0.135. The summed E-state index contributed by atoms with van der Waals surface area (Å²) in [5, 5.41) is 20.0. The number of carbonyl (C=O) groups is 1. The molecule has 3 aromatic rings. The zero-order valence-electron chi connectivity index (χ0n) is 16.5. The standard InChI is InChI=1S/C26H21FO3/c1-16-22(21-11-10-20(27)14-24(21)23(16)15-25(28)29)13-17-6-5-9-19(12-17)26(30)18-7-3-2-4-8-18/h2-14,26,30H,15H2,1H3,(H,28,29). The number of halogens is 1. The molecule has 3 nitrogen and oxygen atoms in total. The van der Waals surface area contributed by atoms with Crippen LogP contribution in [0, 0.1) is 5.82 Å². The van der Waals surface area contributed by atoms with E-state index < -0.39 is 17.9 Å². The van der Waals surface area contributed by atoms with Crippen LogP contribution in [0.2, 0.25) is 0 Å². The minimum absolute atomic E-state index is 0.160. The number of allylic oxidation sites excluding steroid dienone is 2. The lowest BCUT2D eigenvalue weighted by atomic mass is 9.97. The molecule has 150 valence electrons. The van der Waals surface area contributed by atoms with Gasteiger partial charge in [-0.05, 0) is 75.7 Å². The van der Waals surface area contributed by atoms with Crippen LogP contribution < -0.4 is 0 Å². The van der Waals surface area contributed by atoms with Gasteiger partial charge in [-0.15, -0.1) is 0 Å². The van der Waals surface area contributed by atoms with Gasteiger partial charge in [-0.1, -0.05) is 54.6 Å². The Balaban J connectivity index is 1.76. The molecule has 1 aliphatic carbocycles. The summed E-state index contributed by atoms with van der Waals surface area (Å²) < 4.78 is 13.8. The lowest BCUT2D eigenvalue weighted by Gasteiger charge is -2.12. The molecule has 0 heterocycles. The first-order chi connectivity index (χ1) is 14.4. The van der Waals surface area contributed by atoms with E-state index in [0.29, 0.717) is 11.1 Å². The molecule has 30 heavy (non-hydrogen) atoms. The van der Waals surface area contributed by atoms with Crippen LogP contribution in [0.25, 0.3) is 17.2 Å². The molecule has 0 bridgehead atoms. The van der Waals surface area contributed by atoms with Gasteiger partial charge in [0.15, 0.2) is 0 Å². The summed E-state index contributed by atoms with van der Waals surface area (Å²) in [5.41, 5.74) is 6.22. The van der Waals surface area contributed by atoms with Crippen molar-refractivity contribution in [3.05, 3.63) is 112 Å². The van der Waals surface area contributed by atoms with Crippen molar-refractivity contribution in [1.82, 2.24) is 0 Å². The fourth-order valence-corrected chi connectivity index (χ4v) is 3.95. The Kier molecular flexibility index (Phi) is 5.34. The molecule has 1 aliphatic rings. The third kappa shape index (κ3) is 3.82. The molecule has 0 aliphatic heterocycles. The second-order valence-corrected chi connectivity index (χ2v) is 7.41. The van der Waals surface area contributed by atoms with Crippen LogP contribution >= 0.6 is 0 Å². The number of aliphatic hydroxyl groups excluding tert-OH is 1. The maximum absolute atomic E-state index is 13.8. The molecular weight excluding hydrogens is 379 g/mol. The summed E-state index contributed by atoms with van der Waals surface area (Å²) >= 11 is 0. The van der Waals surface area contributed by atoms with E-state index in [2.05, 4.69) is 0 Å². The number of hydrogen-bond acceptors (Lipinski definition) is 2. The van der Waals surface area contributed by atoms with E-state index in [1.165, 1.54) is 12.1 Å². The Morgan fingerprint density at radius 3 is 2.43 bits per heavy atom. The van der Waals surface area contributed by atoms with Gasteiger partial charge >= 0.3 is 5.97 Å². The quantitative estimate of drug-likeness (QED) is 0.577. The molecule has 4 rings (SSSR count). The van der Waals surface area contributed by atoms with E-state index in [9.17, 15) is 19.4 Å². The molecule has 1 unspecified atom stereocenters. The summed E-state index contributed by atoms with van der Waals surface area (Å²) in [7, 11) is 0. The number of aliphatic carboxylic acids is 1. The van der Waals surface area contributed by atoms with Crippen molar-refractivity contribution >= 4 is 23.2 Å². The van der Waals surface area contributed by atoms with Crippen LogP contribution in [0.5, 0.6) is 0 Å². The minimum Gasteiger partial charge on any atom is -0.481 e. The Morgan fingerprint density at radius 2 is 1.70 bits per heavy atom. The van der Waals surface area contributed by atoms with Gasteiger partial charge in [0.1, 0.15) is 11.9 Å². The number of hydrogen-bond donors (Lipinski definition) is 2. The molecule has 0 fully saturated rings. The predicted octanol–water partition coefficient (Wildman–Crippen LogP) is 5.71. The van der Waals surface area contributed by atoms with Crippen molar-refractivity contribution in [3.63, 3.8) is 0 Å². The van der Waals surface area contributed by atoms with Gasteiger partial charge in [-0.25, -0.2) is 4.39 Å². The number of rotatable bonds is 5. The van der Waals surface area contributed by atoms with Crippen molar-refractivity contribution in [1.29, 1.82) is 0 Å². The van der Waals surface area contributed by atoms with Crippen molar-refractivity contribution < 1.29 is 19.4 Å². The highest BCUT2D eigenvalue weighted by molar-refractivity contribution is 6.07. The first kappa shape index (κ1) is 19.8. The molecule has 0 saturated carbocycles. The van der Waals surface area contributed by atoms with Gasteiger partial charge < -0.3 is 10.2 Å². The Labute approximate surface area is 174 Å². The smallest absolute Gasteiger partial charge is 0.307 e. The van der Waals surface area contributed by atoms with Gasteiger partial charge in [0, 0.05) is 0 Å². The topological polar surface area (TPSA) is 57.5 Å². The molecule has 0 aromatic heterocycles. The van der Waals surface area contributed by atoms with Gasteiger partial charge in [0.25, 0.3) is 0 Å². The highest BCUT2D eigenvalue weighted by Crippen LogP contribution is 2.43. The molecular formula is C26H21FO3. The maximum atomic E-state index is 13.8. The van der Waals surface area contributed by atoms with E-state index in [1.54, 1.807) is 6.07 Å². The highest BCUT2D eigenvalue weighted by Gasteiger charge is 2.25. The Morgan fingerprint density at radius 1 is 0.967 bits per heavy atom. The predicted molar refractivity (Wildman–Crippen MR) is 116 cm³/mol. The minimum atomic E-state index is -0.950. The second kappa shape index (κ2) is 8.09. The summed E-state index contributed by atoms with van der Waals surface area (Å²) in [6.07, 6.45) is 1.06. The van der Waals surface area contributed by atoms with Gasteiger partial charge in [0.2, 0.25) is 0 Å². The fourth-order valence-electron chi connectivity index (χ4n) is 3.95. The van der Waals surface area contributed by atoms with Crippen molar-refractivity contribution in [2.75, 3.05) is 0 Å². The number of benzene rings is 3. The number of fused-ring (bicyclic) bond motifs is 1. The van der Waals surface area contributed by atoms with Crippen molar-refractivity contribution in [2.45, 2.75) is 19.4 Å². The van der Waals surface area contributed by atoms with Crippen molar-refractivity contribution in [3.8, 4) is 0 Å². The average molecular weight is 400 g/mol. The van der Waals surface area contributed by atoms with E-state index in [1.807, 2.05) is 67.6 Å². The number of carboxylic acids is 1. The van der Waals surface area contributed by atoms with Crippen molar-refractivity contribution in [2.24, 2.45) is 0 Å². The van der Waals surface area contributed by atoms with Crippen LogP contribution in [-0.2, 0) is 4.79 Å². The van der Waals surface area contributed by atoms with Crippen LogP contribution in [0.3, 0.4) is 0 Å². The van der Waals surface area contributed by atoms with Crippen LogP contribution in [0.15, 0.2) is 78.4 Å². The summed E-state index contributed by atoms with van der Waals surface area (Å²) in [5.74, 6) is -1.34. The van der Waals surface area contributed by atoms with E-state index in [-0.39, 0.29) is 6.42 Å². The summed E-state index contributed by atoms with van der Waals surface area (Å²) in [4.78, 5) is 11.3. The van der Waals surface area contributed by atoms with Gasteiger partial charge in [-0.2, -0.15) is 0 Å². The van der Waals surface area contributed by atoms with Gasteiger partial charge in [0.05, 0.1) is 6.42 Å². The largest absolute Gasteiger partial charge is 0.481 e. The van der Waals surface area contributed by atoms with E-state index in [0.717, 1.165) is 33.4 Å². The molecule has 0 spiro atoms. The maximum Gasteiger partial charge on any atom is 0.307 e. The first-order valence-corrected chi connectivity index (χ1v) is 9.71. The molecule has 4 heteroatoms. The molecule has 0 saturated heterocycles. The zero-order valence-corrected chi connectivity index (χ0v) is 16.5. The Bertz CT molecular complexity index is 1180. The third-order valence-electron chi connectivity index (χ3n) is 5.43. The summed E-state index contributed by atoms with van der Waals surface area (Å²) in [6, 6.07) is 21.5. The second-order valence-electron chi connectivity index (χ2n) is 7.41. The van der Waals surface area contributed by atoms with Crippen LogP contribution in [0.4, 0.5) is 4.39 Å². The SMILES string of the molecule is CC1=C(CC(=O)O)c2cc(F)ccc2C1=Cc1cccc(C(O)c2ccccc2)c1.